The van der Waals surface area contributed by atoms with Gasteiger partial charge in [0.2, 0.25) is 0 Å². The Balaban J connectivity index is 2.47. The first-order chi connectivity index (χ1) is 5.91. The van der Waals surface area contributed by atoms with E-state index in [-0.39, 0.29) is 12.1 Å². The van der Waals surface area contributed by atoms with E-state index >= 15 is 0 Å². The van der Waals surface area contributed by atoms with E-state index in [1.807, 2.05) is 14.0 Å². The summed E-state index contributed by atoms with van der Waals surface area (Å²) in [5.41, 5.74) is 5.64. The van der Waals surface area contributed by atoms with Crippen LogP contribution in [0.15, 0.2) is 0 Å². The number of nitrogens with two attached hydrogens (primary N) is 1. The van der Waals surface area contributed by atoms with Crippen molar-refractivity contribution in [3.05, 3.63) is 0 Å². The number of hydrogen-bond donors (Lipinski definition) is 1. The minimum absolute atomic E-state index is 0.105. The standard InChI is InChI=1S/C8H18N2O2S/c1-7(9)5-10(2)8-3-4-13(11,12)6-8/h7-8H,3-6,9H2,1-2H3/t7-,8?/m1/s1. The Morgan fingerprint density at radius 3 is 2.62 bits per heavy atom. The Morgan fingerprint density at radius 1 is 1.62 bits per heavy atom. The first kappa shape index (κ1) is 10.9. The summed E-state index contributed by atoms with van der Waals surface area (Å²) in [5.74, 6) is 0.636. The van der Waals surface area contributed by atoms with Crippen molar-refractivity contribution in [3.8, 4) is 0 Å². The summed E-state index contributed by atoms with van der Waals surface area (Å²) in [6, 6.07) is 0.282. The fraction of sp³-hybridized carbons (Fsp3) is 1.00. The first-order valence-corrected chi connectivity index (χ1v) is 6.39. The van der Waals surface area contributed by atoms with Gasteiger partial charge in [0.25, 0.3) is 0 Å². The number of nitrogens with zero attached hydrogens (tertiary/aromatic N) is 1. The normalized spacial score (nSPS) is 29.4. The summed E-state index contributed by atoms with van der Waals surface area (Å²) in [6.45, 7) is 2.69. The molecule has 0 aromatic carbocycles. The van der Waals surface area contributed by atoms with Gasteiger partial charge in [-0.1, -0.05) is 0 Å². The monoisotopic (exact) mass is 206 g/mol. The molecule has 1 fully saturated rings. The maximum Gasteiger partial charge on any atom is 0.151 e. The van der Waals surface area contributed by atoms with Crippen molar-refractivity contribution >= 4 is 9.84 Å². The Labute approximate surface area is 80.0 Å². The molecule has 1 unspecified atom stereocenters. The molecule has 0 saturated carbocycles. The van der Waals surface area contributed by atoms with Gasteiger partial charge >= 0.3 is 0 Å². The molecule has 0 radical (unpaired) electrons. The molecule has 0 amide bonds. The Hall–Kier alpha value is -0.130. The third-order valence-electron chi connectivity index (χ3n) is 2.41. The summed E-state index contributed by atoms with van der Waals surface area (Å²) >= 11 is 0. The molecule has 13 heavy (non-hydrogen) atoms. The van der Waals surface area contributed by atoms with Crippen molar-refractivity contribution in [2.45, 2.75) is 25.4 Å². The van der Waals surface area contributed by atoms with Crippen molar-refractivity contribution in [2.75, 3.05) is 25.1 Å². The van der Waals surface area contributed by atoms with Gasteiger partial charge in [0.05, 0.1) is 11.5 Å². The van der Waals surface area contributed by atoms with E-state index in [2.05, 4.69) is 4.90 Å². The maximum absolute atomic E-state index is 11.2. The largest absolute Gasteiger partial charge is 0.327 e. The molecule has 0 aliphatic carbocycles. The van der Waals surface area contributed by atoms with Crippen LogP contribution in [0.2, 0.25) is 0 Å². The molecule has 4 nitrogen and oxygen atoms in total. The van der Waals surface area contributed by atoms with Crippen molar-refractivity contribution in [1.29, 1.82) is 0 Å². The van der Waals surface area contributed by atoms with Crippen LogP contribution in [0.5, 0.6) is 0 Å². The molecule has 78 valence electrons. The highest BCUT2D eigenvalue weighted by atomic mass is 32.2. The van der Waals surface area contributed by atoms with E-state index < -0.39 is 9.84 Å². The van der Waals surface area contributed by atoms with Crippen molar-refractivity contribution in [1.82, 2.24) is 4.90 Å². The zero-order valence-electron chi connectivity index (χ0n) is 8.23. The van der Waals surface area contributed by atoms with E-state index in [1.54, 1.807) is 0 Å². The zero-order valence-corrected chi connectivity index (χ0v) is 9.05. The van der Waals surface area contributed by atoms with E-state index in [1.165, 1.54) is 0 Å². The van der Waals surface area contributed by atoms with Gasteiger partial charge in [0, 0.05) is 18.6 Å². The average molecular weight is 206 g/mol. The predicted octanol–water partition coefficient (Wildman–Crippen LogP) is -0.547. The molecule has 1 aliphatic rings. The van der Waals surface area contributed by atoms with Gasteiger partial charge in [0.15, 0.2) is 9.84 Å². The van der Waals surface area contributed by atoms with Crippen LogP contribution >= 0.6 is 0 Å². The number of sulfone groups is 1. The Morgan fingerprint density at radius 2 is 2.23 bits per heavy atom. The van der Waals surface area contributed by atoms with Crippen LogP contribution < -0.4 is 5.73 Å². The molecular weight excluding hydrogens is 188 g/mol. The SMILES string of the molecule is C[C@@H](N)CN(C)C1CCS(=O)(=O)C1. The summed E-state index contributed by atoms with van der Waals surface area (Å²) < 4.78 is 22.3. The van der Waals surface area contributed by atoms with Gasteiger partial charge in [-0.25, -0.2) is 8.42 Å². The number of rotatable bonds is 3. The fourth-order valence-corrected chi connectivity index (χ4v) is 3.53. The number of likely N-dealkylation sites (N-methyl/N-ethyl adjacent to an activating group) is 1. The molecule has 0 spiro atoms. The smallest absolute Gasteiger partial charge is 0.151 e. The lowest BCUT2D eigenvalue weighted by Gasteiger charge is -2.24. The second-order valence-corrected chi connectivity index (χ2v) is 6.20. The zero-order chi connectivity index (χ0) is 10.1. The van der Waals surface area contributed by atoms with E-state index in [9.17, 15) is 8.42 Å². The molecule has 1 saturated heterocycles. The third-order valence-corrected chi connectivity index (χ3v) is 4.16. The molecule has 0 bridgehead atoms. The van der Waals surface area contributed by atoms with Gasteiger partial charge in [-0.05, 0) is 20.4 Å². The highest BCUT2D eigenvalue weighted by Crippen LogP contribution is 2.16. The molecule has 0 aromatic heterocycles. The Bertz CT molecular complexity index is 261. The highest BCUT2D eigenvalue weighted by molar-refractivity contribution is 7.91. The highest BCUT2D eigenvalue weighted by Gasteiger charge is 2.30. The summed E-state index contributed by atoms with van der Waals surface area (Å²) in [7, 11) is -0.819. The van der Waals surface area contributed by atoms with Crippen molar-refractivity contribution < 1.29 is 8.42 Å². The van der Waals surface area contributed by atoms with Gasteiger partial charge in [-0.3, -0.25) is 0 Å². The van der Waals surface area contributed by atoms with Crippen LogP contribution in [-0.4, -0.2) is 50.5 Å². The molecule has 0 aromatic rings. The average Bonchev–Trinajstić information content (AvgIpc) is 2.28. The van der Waals surface area contributed by atoms with Crippen molar-refractivity contribution in [2.24, 2.45) is 5.73 Å². The van der Waals surface area contributed by atoms with Crippen molar-refractivity contribution in [3.63, 3.8) is 0 Å². The van der Waals surface area contributed by atoms with Gasteiger partial charge < -0.3 is 10.6 Å². The van der Waals surface area contributed by atoms with Gasteiger partial charge in [-0.15, -0.1) is 0 Å². The topological polar surface area (TPSA) is 63.4 Å². The quantitative estimate of drug-likeness (QED) is 0.673. The summed E-state index contributed by atoms with van der Waals surface area (Å²) in [6.07, 6.45) is 0.756. The lowest BCUT2D eigenvalue weighted by atomic mass is 10.2. The number of hydrogen-bond acceptors (Lipinski definition) is 4. The fourth-order valence-electron chi connectivity index (χ4n) is 1.73. The molecule has 2 atom stereocenters. The molecule has 1 rings (SSSR count). The molecule has 1 heterocycles. The second kappa shape index (κ2) is 3.94. The van der Waals surface area contributed by atoms with Crippen LogP contribution in [0.3, 0.4) is 0 Å². The third kappa shape index (κ3) is 3.25. The second-order valence-electron chi connectivity index (χ2n) is 3.97. The van der Waals surface area contributed by atoms with Crippen LogP contribution in [0.25, 0.3) is 0 Å². The predicted molar refractivity (Wildman–Crippen MR) is 53.3 cm³/mol. The van der Waals surface area contributed by atoms with Crippen LogP contribution in [-0.2, 0) is 9.84 Å². The summed E-state index contributed by atoms with van der Waals surface area (Å²) in [5, 5.41) is 0. The van der Waals surface area contributed by atoms with Crippen LogP contribution in [0, 0.1) is 0 Å². The molecular formula is C8H18N2O2S. The van der Waals surface area contributed by atoms with Gasteiger partial charge in [-0.2, -0.15) is 0 Å². The lowest BCUT2D eigenvalue weighted by Crippen LogP contribution is -2.40. The van der Waals surface area contributed by atoms with E-state index in [0.717, 1.165) is 13.0 Å². The first-order valence-electron chi connectivity index (χ1n) is 4.57. The van der Waals surface area contributed by atoms with E-state index in [4.69, 9.17) is 5.73 Å². The molecule has 1 aliphatic heterocycles. The summed E-state index contributed by atoms with van der Waals surface area (Å²) in [4.78, 5) is 2.05. The van der Waals surface area contributed by atoms with Crippen LogP contribution in [0.4, 0.5) is 0 Å². The van der Waals surface area contributed by atoms with E-state index in [0.29, 0.717) is 11.5 Å². The van der Waals surface area contributed by atoms with Crippen LogP contribution in [0.1, 0.15) is 13.3 Å². The molecule has 5 heteroatoms. The molecule has 2 N–H and O–H groups in total. The minimum Gasteiger partial charge on any atom is -0.327 e. The minimum atomic E-state index is -2.76. The van der Waals surface area contributed by atoms with Gasteiger partial charge in [0.1, 0.15) is 0 Å². The lowest BCUT2D eigenvalue weighted by molar-refractivity contribution is 0.250. The maximum atomic E-state index is 11.2. The Kier molecular flexibility index (Phi) is 3.32.